The van der Waals surface area contributed by atoms with Gasteiger partial charge in [-0.3, -0.25) is 0 Å². The third kappa shape index (κ3) is 7.74. The normalized spacial score (nSPS) is 25.6. The molecule has 7 heteroatoms. The van der Waals surface area contributed by atoms with Gasteiger partial charge < -0.3 is 19.3 Å². The van der Waals surface area contributed by atoms with E-state index in [-0.39, 0.29) is 22.9 Å². The fraction of sp³-hybridized carbons (Fsp3) is 0.938. The first-order valence-electron chi connectivity index (χ1n) is 8.17. The van der Waals surface area contributed by atoms with Crippen molar-refractivity contribution >= 4 is 17.5 Å². The van der Waals surface area contributed by atoms with Crippen molar-refractivity contribution in [2.45, 2.75) is 89.8 Å². The number of amides is 1. The standard InChI is InChI=1S/C16H32N2O4S/c1-11(18-23(20)16(5,6)7)13-9-8-12(10-21-13)17-14(19)22-15(2,3)4/h11-13,18H,8-10H2,1-7H3,(H,17,19)/t11?,12-,13+,23?/m1/s1. The second-order valence-electron chi connectivity index (χ2n) is 8.08. The maximum Gasteiger partial charge on any atom is 0.407 e. The lowest BCUT2D eigenvalue weighted by molar-refractivity contribution is -0.0197. The Morgan fingerprint density at radius 3 is 2.30 bits per heavy atom. The number of nitrogens with one attached hydrogen (secondary N) is 2. The van der Waals surface area contributed by atoms with Crippen LogP contribution in [0.25, 0.3) is 0 Å². The highest BCUT2D eigenvalue weighted by molar-refractivity contribution is 7.90. The minimum absolute atomic E-state index is 0.00186. The quantitative estimate of drug-likeness (QED) is 0.763. The zero-order valence-electron chi connectivity index (χ0n) is 15.4. The maximum atomic E-state index is 12.1. The molecule has 1 saturated heterocycles. The van der Waals surface area contributed by atoms with Crippen LogP contribution in [0.1, 0.15) is 61.3 Å². The van der Waals surface area contributed by atoms with Crippen LogP contribution in [0.2, 0.25) is 0 Å². The van der Waals surface area contributed by atoms with Gasteiger partial charge in [-0.25, -0.2) is 4.79 Å². The van der Waals surface area contributed by atoms with Crippen molar-refractivity contribution in [3.05, 3.63) is 0 Å². The minimum Gasteiger partial charge on any atom is -0.598 e. The van der Waals surface area contributed by atoms with Crippen molar-refractivity contribution in [1.82, 2.24) is 10.0 Å². The van der Waals surface area contributed by atoms with Gasteiger partial charge in [-0.1, -0.05) is 0 Å². The summed E-state index contributed by atoms with van der Waals surface area (Å²) in [6, 6.07) is -0.0426. The van der Waals surface area contributed by atoms with Gasteiger partial charge in [-0.15, -0.1) is 4.72 Å². The Balaban J connectivity index is 2.36. The molecule has 6 nitrogen and oxygen atoms in total. The smallest absolute Gasteiger partial charge is 0.407 e. The van der Waals surface area contributed by atoms with Crippen LogP contribution < -0.4 is 10.0 Å². The van der Waals surface area contributed by atoms with E-state index in [9.17, 15) is 9.35 Å². The average Bonchev–Trinajstić information content (AvgIpc) is 2.35. The Morgan fingerprint density at radius 1 is 1.26 bits per heavy atom. The molecule has 0 aliphatic carbocycles. The van der Waals surface area contributed by atoms with Crippen LogP contribution in [-0.4, -0.2) is 45.8 Å². The van der Waals surface area contributed by atoms with Crippen LogP contribution >= 0.6 is 0 Å². The highest BCUT2D eigenvalue weighted by Gasteiger charge is 2.33. The first-order chi connectivity index (χ1) is 10.4. The lowest BCUT2D eigenvalue weighted by Gasteiger charge is -2.35. The monoisotopic (exact) mass is 348 g/mol. The molecule has 0 aromatic rings. The zero-order valence-corrected chi connectivity index (χ0v) is 16.2. The van der Waals surface area contributed by atoms with Gasteiger partial charge in [-0.05, 0) is 61.3 Å². The molecular formula is C16H32N2O4S. The molecule has 1 rings (SSSR count). The Labute approximate surface area is 143 Å². The molecule has 0 spiro atoms. The van der Waals surface area contributed by atoms with E-state index in [1.165, 1.54) is 0 Å². The molecule has 136 valence electrons. The third-order valence-corrected chi connectivity index (χ3v) is 5.14. The molecule has 1 fully saturated rings. The molecule has 0 saturated carbocycles. The molecule has 0 bridgehead atoms. The van der Waals surface area contributed by atoms with Crippen LogP contribution in [0.5, 0.6) is 0 Å². The lowest BCUT2D eigenvalue weighted by Crippen LogP contribution is -2.52. The maximum absolute atomic E-state index is 12.1. The number of rotatable bonds is 4. The van der Waals surface area contributed by atoms with Crippen molar-refractivity contribution in [2.24, 2.45) is 0 Å². The number of hydrogen-bond acceptors (Lipinski definition) is 5. The second-order valence-corrected chi connectivity index (χ2v) is 10.1. The molecule has 0 aromatic heterocycles. The summed E-state index contributed by atoms with van der Waals surface area (Å²) in [5.41, 5.74) is -0.502. The summed E-state index contributed by atoms with van der Waals surface area (Å²) in [6.45, 7) is 13.7. The SMILES string of the molecule is CC(N[S+]([O-])C(C)(C)C)[C@@H]1CC[C@@H](NC(=O)OC(C)(C)C)CO1. The predicted octanol–water partition coefficient (Wildman–Crippen LogP) is 2.50. The fourth-order valence-corrected chi connectivity index (χ4v) is 3.02. The molecule has 1 aliphatic heterocycles. The van der Waals surface area contributed by atoms with Crippen molar-refractivity contribution in [2.75, 3.05) is 6.61 Å². The highest BCUT2D eigenvalue weighted by atomic mass is 32.2. The van der Waals surface area contributed by atoms with E-state index in [0.29, 0.717) is 6.61 Å². The van der Waals surface area contributed by atoms with Crippen LogP contribution in [0.4, 0.5) is 4.79 Å². The molecule has 2 N–H and O–H groups in total. The molecule has 4 atom stereocenters. The molecule has 1 aliphatic rings. The molecular weight excluding hydrogens is 316 g/mol. The Hall–Kier alpha value is -0.500. The van der Waals surface area contributed by atoms with Gasteiger partial charge in [0.2, 0.25) is 0 Å². The summed E-state index contributed by atoms with van der Waals surface area (Å²) in [7, 11) is 0. The van der Waals surface area contributed by atoms with Gasteiger partial charge in [0, 0.05) is 11.4 Å². The summed E-state index contributed by atoms with van der Waals surface area (Å²) >= 11 is -1.12. The van der Waals surface area contributed by atoms with Gasteiger partial charge in [0.05, 0.1) is 24.8 Å². The summed E-state index contributed by atoms with van der Waals surface area (Å²) in [4.78, 5) is 11.8. The number of alkyl carbamates (subject to hydrolysis) is 1. The van der Waals surface area contributed by atoms with Gasteiger partial charge in [0.1, 0.15) is 10.3 Å². The van der Waals surface area contributed by atoms with Crippen LogP contribution in [0.3, 0.4) is 0 Å². The number of carbonyl (C=O) groups is 1. The van der Waals surface area contributed by atoms with Crippen LogP contribution in [-0.2, 0) is 20.8 Å². The topological polar surface area (TPSA) is 82.7 Å². The van der Waals surface area contributed by atoms with Gasteiger partial charge in [0.15, 0.2) is 0 Å². The predicted molar refractivity (Wildman–Crippen MR) is 92.6 cm³/mol. The van der Waals surface area contributed by atoms with Crippen molar-refractivity contribution in [3.8, 4) is 0 Å². The highest BCUT2D eigenvalue weighted by Crippen LogP contribution is 2.20. The summed E-state index contributed by atoms with van der Waals surface area (Å²) in [5.74, 6) is 0. The molecule has 23 heavy (non-hydrogen) atoms. The first kappa shape index (κ1) is 20.5. The van der Waals surface area contributed by atoms with Gasteiger partial charge >= 0.3 is 6.09 Å². The second kappa shape index (κ2) is 8.05. The minimum atomic E-state index is -1.12. The Kier molecular flexibility index (Phi) is 7.19. The summed E-state index contributed by atoms with van der Waals surface area (Å²) in [6.07, 6.45) is 1.20. The number of hydrogen-bond donors (Lipinski definition) is 2. The molecule has 2 unspecified atom stereocenters. The number of ether oxygens (including phenoxy) is 2. The third-order valence-electron chi connectivity index (χ3n) is 3.44. The lowest BCUT2D eigenvalue weighted by atomic mass is 10.0. The average molecular weight is 349 g/mol. The van der Waals surface area contributed by atoms with E-state index in [4.69, 9.17) is 9.47 Å². The van der Waals surface area contributed by atoms with E-state index >= 15 is 0 Å². The van der Waals surface area contributed by atoms with Crippen LogP contribution in [0.15, 0.2) is 0 Å². The molecule has 1 amide bonds. The fourth-order valence-electron chi connectivity index (χ4n) is 2.18. The van der Waals surface area contributed by atoms with Gasteiger partial charge in [-0.2, -0.15) is 0 Å². The molecule has 0 aromatic carbocycles. The van der Waals surface area contributed by atoms with Crippen LogP contribution in [0, 0.1) is 0 Å². The van der Waals surface area contributed by atoms with E-state index in [1.807, 2.05) is 48.5 Å². The first-order valence-corrected chi connectivity index (χ1v) is 9.32. The largest absolute Gasteiger partial charge is 0.598 e. The van der Waals surface area contributed by atoms with E-state index in [0.717, 1.165) is 12.8 Å². The van der Waals surface area contributed by atoms with Crippen molar-refractivity contribution in [1.29, 1.82) is 0 Å². The summed E-state index contributed by atoms with van der Waals surface area (Å²) < 4.78 is 26.0. The molecule has 0 radical (unpaired) electrons. The van der Waals surface area contributed by atoms with E-state index < -0.39 is 23.1 Å². The van der Waals surface area contributed by atoms with Gasteiger partial charge in [0.25, 0.3) is 0 Å². The van der Waals surface area contributed by atoms with Crippen molar-refractivity contribution < 1.29 is 18.8 Å². The Bertz CT molecular complexity index is 385. The Morgan fingerprint density at radius 2 is 1.87 bits per heavy atom. The van der Waals surface area contributed by atoms with E-state index in [1.54, 1.807) is 0 Å². The van der Waals surface area contributed by atoms with Crippen molar-refractivity contribution in [3.63, 3.8) is 0 Å². The van der Waals surface area contributed by atoms with E-state index in [2.05, 4.69) is 10.0 Å². The number of carbonyl (C=O) groups excluding carboxylic acids is 1. The zero-order chi connectivity index (χ0) is 17.8. The molecule has 1 heterocycles. The summed E-state index contributed by atoms with van der Waals surface area (Å²) in [5, 5.41) is 2.83.